The standard InChI is InChI=1S/C21H28O3/c1-12(22)16-6-7-17-15-5-4-13-10-14(23)8-9-20(13,2)19(15)18(24)11-21(16,17)3/h8-10,15-19,22,24H,1,4-7,11H2,2-3H3. The van der Waals surface area contributed by atoms with Gasteiger partial charge in [0, 0.05) is 17.3 Å². The highest BCUT2D eigenvalue weighted by atomic mass is 16.3. The average Bonchev–Trinajstić information content (AvgIpc) is 2.84. The molecule has 4 rings (SSSR count). The van der Waals surface area contributed by atoms with Gasteiger partial charge in [-0.05, 0) is 61.5 Å². The minimum absolute atomic E-state index is 0.0573. The predicted molar refractivity (Wildman–Crippen MR) is 93.3 cm³/mol. The summed E-state index contributed by atoms with van der Waals surface area (Å²) in [7, 11) is 0. The lowest BCUT2D eigenvalue weighted by Gasteiger charge is -2.58. The van der Waals surface area contributed by atoms with Crippen molar-refractivity contribution in [3.63, 3.8) is 0 Å². The number of hydrogen-bond acceptors (Lipinski definition) is 3. The Labute approximate surface area is 144 Å². The van der Waals surface area contributed by atoms with Crippen molar-refractivity contribution in [2.45, 2.75) is 52.1 Å². The number of aliphatic hydroxyl groups is 2. The lowest BCUT2D eigenvalue weighted by Crippen LogP contribution is -2.55. The smallest absolute Gasteiger partial charge is 0.178 e. The van der Waals surface area contributed by atoms with Crippen molar-refractivity contribution in [2.24, 2.45) is 34.5 Å². The SMILES string of the molecule is C=C(O)C1CCC2C3CCC4=CC(=O)C=CC4(C)C3C(O)CC12C. The Hall–Kier alpha value is -1.35. The number of ketones is 1. The van der Waals surface area contributed by atoms with Crippen molar-refractivity contribution in [1.82, 2.24) is 0 Å². The Bertz CT molecular complexity index is 660. The first-order chi connectivity index (χ1) is 11.3. The Morgan fingerprint density at radius 2 is 2.04 bits per heavy atom. The fourth-order valence-corrected chi connectivity index (χ4v) is 6.87. The van der Waals surface area contributed by atoms with Gasteiger partial charge in [-0.25, -0.2) is 0 Å². The van der Waals surface area contributed by atoms with Crippen LogP contribution in [0, 0.1) is 34.5 Å². The Morgan fingerprint density at radius 1 is 1.29 bits per heavy atom. The predicted octanol–water partition coefficient (Wildman–Crippen LogP) is 3.95. The van der Waals surface area contributed by atoms with Crippen LogP contribution < -0.4 is 0 Å². The van der Waals surface area contributed by atoms with Crippen molar-refractivity contribution < 1.29 is 15.0 Å². The summed E-state index contributed by atoms with van der Waals surface area (Å²) in [6.45, 7) is 8.24. The van der Waals surface area contributed by atoms with Gasteiger partial charge in [0.25, 0.3) is 0 Å². The average molecular weight is 328 g/mol. The highest BCUT2D eigenvalue weighted by Gasteiger charge is 2.61. The maximum Gasteiger partial charge on any atom is 0.178 e. The summed E-state index contributed by atoms with van der Waals surface area (Å²) in [6, 6.07) is 0. The van der Waals surface area contributed by atoms with Crippen LogP contribution in [0.25, 0.3) is 0 Å². The van der Waals surface area contributed by atoms with Crippen LogP contribution in [0.5, 0.6) is 0 Å². The summed E-state index contributed by atoms with van der Waals surface area (Å²) in [5.74, 6) is 1.61. The second-order valence-electron chi connectivity index (χ2n) is 8.92. The third-order valence-electron chi connectivity index (χ3n) is 7.89. The van der Waals surface area contributed by atoms with E-state index in [2.05, 4.69) is 20.4 Å². The first-order valence-corrected chi connectivity index (χ1v) is 9.27. The molecule has 0 amide bonds. The van der Waals surface area contributed by atoms with Crippen LogP contribution in [0.3, 0.4) is 0 Å². The van der Waals surface area contributed by atoms with E-state index in [4.69, 9.17) is 0 Å². The van der Waals surface area contributed by atoms with Crippen LogP contribution in [0.15, 0.2) is 36.1 Å². The monoisotopic (exact) mass is 328 g/mol. The van der Waals surface area contributed by atoms with Crippen LogP contribution in [-0.2, 0) is 4.79 Å². The lowest BCUT2D eigenvalue weighted by atomic mass is 9.47. The van der Waals surface area contributed by atoms with Gasteiger partial charge in [0.05, 0.1) is 11.9 Å². The van der Waals surface area contributed by atoms with Gasteiger partial charge in [0.1, 0.15) is 0 Å². The molecule has 3 nitrogen and oxygen atoms in total. The topological polar surface area (TPSA) is 57.5 Å². The quantitative estimate of drug-likeness (QED) is 0.717. The zero-order chi connectivity index (χ0) is 17.3. The zero-order valence-electron chi connectivity index (χ0n) is 14.7. The van der Waals surface area contributed by atoms with E-state index in [0.29, 0.717) is 18.3 Å². The molecule has 0 aliphatic heterocycles. The number of carbonyl (C=O) groups is 1. The molecule has 3 saturated carbocycles. The van der Waals surface area contributed by atoms with Gasteiger partial charge < -0.3 is 10.2 Å². The van der Waals surface area contributed by atoms with E-state index in [-0.39, 0.29) is 34.2 Å². The molecule has 4 aliphatic rings. The molecule has 0 spiro atoms. The van der Waals surface area contributed by atoms with Crippen molar-refractivity contribution in [1.29, 1.82) is 0 Å². The summed E-state index contributed by atoms with van der Waals surface area (Å²) in [6.07, 6.45) is 9.89. The molecule has 3 heteroatoms. The molecule has 24 heavy (non-hydrogen) atoms. The molecule has 7 atom stereocenters. The van der Waals surface area contributed by atoms with Crippen LogP contribution >= 0.6 is 0 Å². The molecule has 0 aromatic heterocycles. The summed E-state index contributed by atoms with van der Waals surface area (Å²) >= 11 is 0. The highest BCUT2D eigenvalue weighted by molar-refractivity contribution is 6.01. The second kappa shape index (κ2) is 5.08. The molecule has 0 aromatic rings. The zero-order valence-corrected chi connectivity index (χ0v) is 14.7. The van der Waals surface area contributed by atoms with Gasteiger partial charge >= 0.3 is 0 Å². The van der Waals surface area contributed by atoms with E-state index in [9.17, 15) is 15.0 Å². The van der Waals surface area contributed by atoms with E-state index in [1.54, 1.807) is 12.2 Å². The van der Waals surface area contributed by atoms with Crippen LogP contribution in [-0.4, -0.2) is 22.1 Å². The van der Waals surface area contributed by atoms with Crippen LogP contribution in [0.2, 0.25) is 0 Å². The van der Waals surface area contributed by atoms with Gasteiger partial charge in [-0.1, -0.05) is 32.1 Å². The number of hydrogen-bond donors (Lipinski definition) is 2. The van der Waals surface area contributed by atoms with E-state index in [1.807, 2.05) is 6.08 Å². The van der Waals surface area contributed by atoms with Crippen LogP contribution in [0.1, 0.15) is 46.0 Å². The minimum Gasteiger partial charge on any atom is -0.513 e. The molecular weight excluding hydrogens is 300 g/mol. The molecule has 0 saturated heterocycles. The minimum atomic E-state index is -0.400. The summed E-state index contributed by atoms with van der Waals surface area (Å²) in [4.78, 5) is 11.8. The molecule has 130 valence electrons. The number of allylic oxidation sites excluding steroid dienone is 5. The molecule has 0 radical (unpaired) electrons. The number of rotatable bonds is 1. The van der Waals surface area contributed by atoms with Crippen LogP contribution in [0.4, 0.5) is 0 Å². The van der Waals surface area contributed by atoms with Gasteiger partial charge in [0.2, 0.25) is 0 Å². The summed E-state index contributed by atoms with van der Waals surface area (Å²) in [5, 5.41) is 21.2. The first kappa shape index (κ1) is 16.1. The number of aliphatic hydroxyl groups excluding tert-OH is 2. The number of fused-ring (bicyclic) bond motifs is 5. The molecule has 3 fully saturated rings. The molecule has 0 bridgehead atoms. The Balaban J connectivity index is 1.74. The Morgan fingerprint density at radius 3 is 2.75 bits per heavy atom. The molecular formula is C21H28O3. The fourth-order valence-electron chi connectivity index (χ4n) is 6.87. The summed E-state index contributed by atoms with van der Waals surface area (Å²) in [5.41, 5.74) is 0.935. The Kier molecular flexibility index (Phi) is 3.41. The van der Waals surface area contributed by atoms with Crippen molar-refractivity contribution >= 4 is 5.78 Å². The molecule has 2 N–H and O–H groups in total. The summed E-state index contributed by atoms with van der Waals surface area (Å²) < 4.78 is 0. The molecule has 0 aromatic carbocycles. The maximum absolute atomic E-state index is 11.8. The maximum atomic E-state index is 11.8. The largest absolute Gasteiger partial charge is 0.513 e. The van der Waals surface area contributed by atoms with Crippen molar-refractivity contribution in [2.75, 3.05) is 0 Å². The molecule has 7 unspecified atom stereocenters. The van der Waals surface area contributed by atoms with Gasteiger partial charge in [-0.15, -0.1) is 0 Å². The van der Waals surface area contributed by atoms with Gasteiger partial charge in [-0.2, -0.15) is 0 Å². The van der Waals surface area contributed by atoms with E-state index >= 15 is 0 Å². The van der Waals surface area contributed by atoms with Gasteiger partial charge in [0.15, 0.2) is 5.78 Å². The third kappa shape index (κ3) is 1.97. The first-order valence-electron chi connectivity index (χ1n) is 9.27. The number of carbonyl (C=O) groups excluding carboxylic acids is 1. The van der Waals surface area contributed by atoms with E-state index < -0.39 is 6.10 Å². The van der Waals surface area contributed by atoms with E-state index in [1.165, 1.54) is 5.57 Å². The molecule has 4 aliphatic carbocycles. The normalized spacial score (nSPS) is 49.9. The third-order valence-corrected chi connectivity index (χ3v) is 7.89. The lowest BCUT2D eigenvalue weighted by molar-refractivity contribution is -0.118. The highest BCUT2D eigenvalue weighted by Crippen LogP contribution is 2.66. The van der Waals surface area contributed by atoms with E-state index in [0.717, 1.165) is 25.7 Å². The van der Waals surface area contributed by atoms with Crippen molar-refractivity contribution in [3.8, 4) is 0 Å². The second-order valence-corrected chi connectivity index (χ2v) is 8.92. The van der Waals surface area contributed by atoms with Crippen molar-refractivity contribution in [3.05, 3.63) is 36.1 Å². The molecule has 0 heterocycles. The van der Waals surface area contributed by atoms with Gasteiger partial charge in [-0.3, -0.25) is 4.79 Å². The fraction of sp³-hybridized carbons (Fsp3) is 0.667.